The second-order valence-electron chi connectivity index (χ2n) is 2.60. The number of aliphatic carboxylic acids is 3. The fourth-order valence-corrected chi connectivity index (χ4v) is 0.837. The maximum atomic E-state index is 10.2. The molecule has 0 amide bonds. The quantitative estimate of drug-likeness (QED) is 0.444. The number of carbonyl (C=O) groups excluding carboxylic acids is 2. The van der Waals surface area contributed by atoms with Crippen molar-refractivity contribution in [3.63, 3.8) is 0 Å². The zero-order valence-corrected chi connectivity index (χ0v) is 13.3. The molecule has 0 spiro atoms. The topological polar surface area (TPSA) is 121 Å². The van der Waals surface area contributed by atoms with E-state index in [1.54, 1.807) is 0 Å². The van der Waals surface area contributed by atoms with E-state index >= 15 is 0 Å². The Morgan fingerprint density at radius 1 is 1.00 bits per heavy atom. The molecule has 0 heterocycles. The third kappa shape index (κ3) is 14.4. The predicted molar refractivity (Wildman–Crippen MR) is 38.7 cm³/mol. The second-order valence-corrected chi connectivity index (χ2v) is 2.60. The van der Waals surface area contributed by atoms with Gasteiger partial charge in [-0.3, -0.25) is 9.69 Å². The van der Waals surface area contributed by atoms with E-state index in [1.807, 2.05) is 0 Å². The van der Waals surface area contributed by atoms with E-state index in [2.05, 4.69) is 0 Å². The van der Waals surface area contributed by atoms with Gasteiger partial charge in [0.1, 0.15) is 0 Å². The van der Waals surface area contributed by atoms with Crippen LogP contribution in [0.25, 0.3) is 0 Å². The summed E-state index contributed by atoms with van der Waals surface area (Å²) in [6.45, 7) is -1.34. The number of rotatable bonds is 7. The molecule has 0 aromatic heterocycles. The third-order valence-corrected chi connectivity index (χ3v) is 1.34. The summed E-state index contributed by atoms with van der Waals surface area (Å²) in [5.74, 6) is -4.05. The molecular formula is C7H9NNa2O6. The molecule has 16 heavy (non-hydrogen) atoms. The molecule has 80 valence electrons. The molecule has 0 aliphatic rings. The van der Waals surface area contributed by atoms with Gasteiger partial charge in [0.25, 0.3) is 0 Å². The van der Waals surface area contributed by atoms with Crippen LogP contribution in [0.4, 0.5) is 0 Å². The van der Waals surface area contributed by atoms with Crippen LogP contribution in [0.5, 0.6) is 0 Å². The summed E-state index contributed by atoms with van der Waals surface area (Å²) in [5.41, 5.74) is 0. The van der Waals surface area contributed by atoms with Crippen molar-refractivity contribution < 1.29 is 88.8 Å². The van der Waals surface area contributed by atoms with Crippen molar-refractivity contribution in [3.05, 3.63) is 0 Å². The summed E-state index contributed by atoms with van der Waals surface area (Å²) in [7, 11) is 0. The van der Waals surface area contributed by atoms with Gasteiger partial charge >= 0.3 is 65.1 Å². The van der Waals surface area contributed by atoms with Crippen LogP contribution in [-0.2, 0) is 14.4 Å². The summed E-state index contributed by atoms with van der Waals surface area (Å²) in [4.78, 5) is 31.3. The fourth-order valence-electron chi connectivity index (χ4n) is 0.837. The fraction of sp³-hybridized carbons (Fsp3) is 0.571. The van der Waals surface area contributed by atoms with Crippen molar-refractivity contribution in [2.75, 3.05) is 19.6 Å². The van der Waals surface area contributed by atoms with Gasteiger partial charge in [0.15, 0.2) is 0 Å². The maximum Gasteiger partial charge on any atom is 1.00 e. The molecule has 0 aromatic rings. The smallest absolute Gasteiger partial charge is 0.550 e. The first-order valence-electron chi connectivity index (χ1n) is 3.75. The molecule has 0 unspecified atom stereocenters. The van der Waals surface area contributed by atoms with Gasteiger partial charge in [-0.25, -0.2) is 0 Å². The summed E-state index contributed by atoms with van der Waals surface area (Å²) in [6, 6.07) is 0. The molecule has 0 saturated heterocycles. The Morgan fingerprint density at radius 2 is 1.50 bits per heavy atom. The van der Waals surface area contributed by atoms with Crippen molar-refractivity contribution in [2.24, 2.45) is 0 Å². The van der Waals surface area contributed by atoms with Crippen molar-refractivity contribution in [1.29, 1.82) is 0 Å². The molecule has 0 bridgehead atoms. The van der Waals surface area contributed by atoms with Crippen LogP contribution in [0.15, 0.2) is 0 Å². The average molecular weight is 249 g/mol. The van der Waals surface area contributed by atoms with Crippen LogP contribution < -0.4 is 69.3 Å². The van der Waals surface area contributed by atoms with E-state index < -0.39 is 37.4 Å². The monoisotopic (exact) mass is 249 g/mol. The number of carbonyl (C=O) groups is 3. The second kappa shape index (κ2) is 11.8. The Bertz CT molecular complexity index is 231. The van der Waals surface area contributed by atoms with E-state index in [-0.39, 0.29) is 65.7 Å². The first kappa shape index (κ1) is 21.6. The summed E-state index contributed by atoms with van der Waals surface area (Å²) in [6.07, 6.45) is -0.416. The number of carboxylic acid groups (broad SMARTS) is 3. The molecule has 0 aromatic carbocycles. The van der Waals surface area contributed by atoms with Gasteiger partial charge in [-0.2, -0.15) is 0 Å². The zero-order valence-electron chi connectivity index (χ0n) is 9.26. The van der Waals surface area contributed by atoms with Crippen LogP contribution in [0, 0.1) is 0 Å². The van der Waals surface area contributed by atoms with Crippen molar-refractivity contribution >= 4 is 17.9 Å². The van der Waals surface area contributed by atoms with Crippen LogP contribution in [0.2, 0.25) is 0 Å². The Hall–Kier alpha value is 0.370. The van der Waals surface area contributed by atoms with Gasteiger partial charge in [0.05, 0.1) is 12.5 Å². The van der Waals surface area contributed by atoms with Gasteiger partial charge in [0.2, 0.25) is 0 Å². The Balaban J connectivity index is -0.000000845. The van der Waals surface area contributed by atoms with Crippen molar-refractivity contribution in [2.45, 2.75) is 6.42 Å². The molecule has 9 heteroatoms. The Labute approximate surface area is 136 Å². The number of hydrogen-bond donors (Lipinski definition) is 1. The molecule has 0 radical (unpaired) electrons. The van der Waals surface area contributed by atoms with E-state index in [9.17, 15) is 24.6 Å². The standard InChI is InChI=1S/C7H11NO6.2Na/c9-5(10)1-2-8(3-6(11)12)4-7(13)14;;/h1-4H2,(H,9,10)(H,11,12)(H,13,14);;/q;2*+1/p-2. The predicted octanol–water partition coefficient (Wildman–Crippen LogP) is -9.73. The van der Waals surface area contributed by atoms with Gasteiger partial charge in [-0.15, -0.1) is 0 Å². The average Bonchev–Trinajstić information content (AvgIpc) is 1.97. The number of hydrogen-bond acceptors (Lipinski definition) is 6. The van der Waals surface area contributed by atoms with E-state index in [0.29, 0.717) is 0 Å². The van der Waals surface area contributed by atoms with Gasteiger partial charge in [-0.1, -0.05) is 0 Å². The number of carboxylic acids is 3. The minimum atomic E-state index is -1.45. The van der Waals surface area contributed by atoms with Crippen LogP contribution in [0.3, 0.4) is 0 Å². The molecule has 0 fully saturated rings. The Morgan fingerprint density at radius 3 is 1.81 bits per heavy atom. The summed E-state index contributed by atoms with van der Waals surface area (Å²) < 4.78 is 0. The van der Waals surface area contributed by atoms with Gasteiger partial charge < -0.3 is 24.9 Å². The van der Waals surface area contributed by atoms with Gasteiger partial charge in [0, 0.05) is 19.1 Å². The maximum absolute atomic E-state index is 10.2. The molecule has 0 rings (SSSR count). The minimum Gasteiger partial charge on any atom is -0.550 e. The molecule has 0 aliphatic heterocycles. The molecule has 0 saturated carbocycles. The minimum absolute atomic E-state index is 0. The summed E-state index contributed by atoms with van der Waals surface area (Å²) >= 11 is 0. The number of nitrogens with zero attached hydrogens (tertiary/aromatic N) is 1. The van der Waals surface area contributed by atoms with Crippen LogP contribution in [-0.4, -0.2) is 47.5 Å². The van der Waals surface area contributed by atoms with E-state index in [0.717, 1.165) is 4.90 Å². The molecular weight excluding hydrogens is 240 g/mol. The summed E-state index contributed by atoms with van der Waals surface area (Å²) in [5, 5.41) is 28.5. The van der Waals surface area contributed by atoms with Crippen LogP contribution >= 0.6 is 0 Å². The van der Waals surface area contributed by atoms with Crippen molar-refractivity contribution in [1.82, 2.24) is 4.90 Å². The van der Waals surface area contributed by atoms with E-state index in [4.69, 9.17) is 5.11 Å². The SMILES string of the molecule is O=C([O-])CCN(CC(=O)[O-])CC(=O)O.[Na+].[Na+]. The van der Waals surface area contributed by atoms with Crippen molar-refractivity contribution in [3.8, 4) is 0 Å². The largest absolute Gasteiger partial charge is 1.00 e. The van der Waals surface area contributed by atoms with Crippen LogP contribution in [0.1, 0.15) is 6.42 Å². The van der Waals surface area contributed by atoms with E-state index in [1.165, 1.54) is 0 Å². The van der Waals surface area contributed by atoms with Gasteiger partial charge in [-0.05, 0) is 6.42 Å². The molecule has 0 atom stereocenters. The Kier molecular flexibility index (Phi) is 16.0. The molecule has 1 N–H and O–H groups in total. The third-order valence-electron chi connectivity index (χ3n) is 1.34. The first-order valence-corrected chi connectivity index (χ1v) is 3.75. The molecule has 7 nitrogen and oxygen atoms in total. The zero-order chi connectivity index (χ0) is 11.1. The molecule has 0 aliphatic carbocycles. The normalized spacial score (nSPS) is 8.81. The first-order chi connectivity index (χ1) is 6.41.